The average Bonchev–Trinajstić information content (AvgIpc) is 2.98. The molecule has 114 valence electrons. The summed E-state index contributed by atoms with van der Waals surface area (Å²) in [5.41, 5.74) is 0.470. The molecule has 1 aliphatic carbocycles. The van der Waals surface area contributed by atoms with Gasteiger partial charge in [0.05, 0.1) is 5.56 Å². The van der Waals surface area contributed by atoms with E-state index in [-0.39, 0.29) is 18.4 Å². The Morgan fingerprint density at radius 1 is 1.29 bits per heavy atom. The van der Waals surface area contributed by atoms with Crippen LogP contribution in [0.3, 0.4) is 0 Å². The van der Waals surface area contributed by atoms with Gasteiger partial charge in [0.15, 0.2) is 0 Å². The second-order valence-electron chi connectivity index (χ2n) is 5.82. The van der Waals surface area contributed by atoms with E-state index in [0.29, 0.717) is 24.2 Å². The molecule has 0 aromatic carbocycles. The van der Waals surface area contributed by atoms with E-state index >= 15 is 0 Å². The first-order chi connectivity index (χ1) is 9.95. The van der Waals surface area contributed by atoms with Gasteiger partial charge in [0.2, 0.25) is 5.91 Å². The molecule has 3 rings (SSSR count). The number of halogens is 3. The van der Waals surface area contributed by atoms with E-state index in [2.05, 4.69) is 4.98 Å². The third kappa shape index (κ3) is 2.89. The quantitative estimate of drug-likeness (QED) is 0.798. The number of carbonyl (C=O) groups is 1. The number of pyridine rings is 1. The largest absolute Gasteiger partial charge is 0.417 e. The molecule has 0 bridgehead atoms. The van der Waals surface area contributed by atoms with Crippen molar-refractivity contribution in [1.82, 2.24) is 9.88 Å². The van der Waals surface area contributed by atoms with Crippen LogP contribution in [0.4, 0.5) is 13.2 Å². The molecule has 1 amide bonds. The molecular weight excluding hydrogens is 281 g/mol. The number of nitrogens with zero attached hydrogens (tertiary/aromatic N) is 2. The molecule has 0 radical (unpaired) electrons. The maximum absolute atomic E-state index is 12.7. The summed E-state index contributed by atoms with van der Waals surface area (Å²) in [4.78, 5) is 18.0. The zero-order valence-corrected chi connectivity index (χ0v) is 11.6. The number of hydrogen-bond acceptors (Lipinski definition) is 2. The highest BCUT2D eigenvalue weighted by molar-refractivity contribution is 5.79. The molecule has 2 heterocycles. The molecule has 0 saturated heterocycles. The second kappa shape index (κ2) is 5.31. The zero-order valence-electron chi connectivity index (χ0n) is 11.6. The van der Waals surface area contributed by atoms with Crippen molar-refractivity contribution in [3.05, 3.63) is 29.1 Å². The lowest BCUT2D eigenvalue weighted by Crippen LogP contribution is -2.39. The molecule has 0 unspecified atom stereocenters. The number of hydrogen-bond donors (Lipinski definition) is 0. The smallest absolute Gasteiger partial charge is 0.338 e. The fraction of sp³-hybridized carbons (Fsp3) is 0.600. The Labute approximate surface area is 121 Å². The number of fused-ring (bicyclic) bond motifs is 1. The first kappa shape index (κ1) is 14.4. The van der Waals surface area contributed by atoms with Crippen molar-refractivity contribution in [2.75, 3.05) is 6.54 Å². The van der Waals surface area contributed by atoms with Crippen LogP contribution in [0.25, 0.3) is 0 Å². The molecule has 0 atom stereocenters. The van der Waals surface area contributed by atoms with E-state index in [1.165, 1.54) is 0 Å². The van der Waals surface area contributed by atoms with E-state index in [1.54, 1.807) is 4.90 Å². The van der Waals surface area contributed by atoms with Crippen LogP contribution in [0.2, 0.25) is 0 Å². The van der Waals surface area contributed by atoms with Gasteiger partial charge in [-0.3, -0.25) is 9.78 Å². The van der Waals surface area contributed by atoms with E-state index < -0.39 is 11.7 Å². The highest BCUT2D eigenvalue weighted by atomic mass is 19.4. The lowest BCUT2D eigenvalue weighted by Gasteiger charge is -2.30. The van der Waals surface area contributed by atoms with Gasteiger partial charge in [0.1, 0.15) is 0 Å². The minimum atomic E-state index is -4.39. The Bertz CT molecular complexity index is 550. The second-order valence-corrected chi connectivity index (χ2v) is 5.82. The number of rotatable bonds is 1. The van der Waals surface area contributed by atoms with Gasteiger partial charge in [-0.25, -0.2) is 0 Å². The molecule has 6 heteroatoms. The lowest BCUT2D eigenvalue weighted by atomic mass is 10.0. The Morgan fingerprint density at radius 3 is 2.67 bits per heavy atom. The van der Waals surface area contributed by atoms with Crippen LogP contribution in [0.5, 0.6) is 0 Å². The molecule has 1 saturated carbocycles. The molecule has 1 aliphatic heterocycles. The summed E-state index contributed by atoms with van der Waals surface area (Å²) in [6.07, 6.45) is 0.978. The first-order valence-corrected chi connectivity index (χ1v) is 7.29. The van der Waals surface area contributed by atoms with Crippen molar-refractivity contribution >= 4 is 5.91 Å². The van der Waals surface area contributed by atoms with Crippen LogP contribution in [0.1, 0.15) is 42.5 Å². The minimum Gasteiger partial charge on any atom is -0.338 e. The summed E-state index contributed by atoms with van der Waals surface area (Å²) in [5, 5.41) is 0. The van der Waals surface area contributed by atoms with Gasteiger partial charge in [-0.2, -0.15) is 13.2 Å². The van der Waals surface area contributed by atoms with Gasteiger partial charge < -0.3 is 4.90 Å². The molecule has 0 N–H and O–H groups in total. The standard InChI is InChI=1S/C15H17F3N2O/c16-15(17,18)12-7-11-9-20(6-5-13(11)19-8-12)14(21)10-3-1-2-4-10/h7-8,10H,1-6,9H2. The Morgan fingerprint density at radius 2 is 2.00 bits per heavy atom. The predicted molar refractivity (Wildman–Crippen MR) is 70.3 cm³/mol. The van der Waals surface area contributed by atoms with Gasteiger partial charge in [-0.05, 0) is 24.5 Å². The molecule has 1 fully saturated rings. The van der Waals surface area contributed by atoms with Crippen molar-refractivity contribution in [2.45, 2.75) is 44.8 Å². The van der Waals surface area contributed by atoms with Gasteiger partial charge in [0, 0.05) is 37.3 Å². The van der Waals surface area contributed by atoms with Crippen LogP contribution in [-0.2, 0) is 23.9 Å². The molecule has 0 spiro atoms. The van der Waals surface area contributed by atoms with Gasteiger partial charge in [-0.1, -0.05) is 12.8 Å². The molecule has 1 aromatic heterocycles. The van der Waals surface area contributed by atoms with Crippen LogP contribution < -0.4 is 0 Å². The van der Waals surface area contributed by atoms with E-state index in [0.717, 1.165) is 37.9 Å². The summed E-state index contributed by atoms with van der Waals surface area (Å²) in [6.45, 7) is 0.808. The summed E-state index contributed by atoms with van der Waals surface area (Å²) in [6, 6.07) is 1.14. The summed E-state index contributed by atoms with van der Waals surface area (Å²) in [5.74, 6) is 0.154. The van der Waals surface area contributed by atoms with Crippen LogP contribution in [-0.4, -0.2) is 22.3 Å². The number of alkyl halides is 3. The average molecular weight is 298 g/mol. The van der Waals surface area contributed by atoms with Crippen LogP contribution in [0.15, 0.2) is 12.3 Å². The first-order valence-electron chi connectivity index (χ1n) is 7.29. The molecule has 2 aliphatic rings. The predicted octanol–water partition coefficient (Wildman–Crippen LogP) is 3.18. The fourth-order valence-corrected chi connectivity index (χ4v) is 3.20. The topological polar surface area (TPSA) is 33.2 Å². The van der Waals surface area contributed by atoms with Gasteiger partial charge >= 0.3 is 6.18 Å². The van der Waals surface area contributed by atoms with Crippen molar-refractivity contribution in [1.29, 1.82) is 0 Å². The van der Waals surface area contributed by atoms with Crippen molar-refractivity contribution in [3.63, 3.8) is 0 Å². The summed E-state index contributed by atoms with van der Waals surface area (Å²) in [7, 11) is 0. The highest BCUT2D eigenvalue weighted by Crippen LogP contribution is 2.32. The Balaban J connectivity index is 1.79. The molecule has 1 aromatic rings. The van der Waals surface area contributed by atoms with Crippen molar-refractivity contribution < 1.29 is 18.0 Å². The Kier molecular flexibility index (Phi) is 3.63. The summed E-state index contributed by atoms with van der Waals surface area (Å²) >= 11 is 0. The van der Waals surface area contributed by atoms with Crippen molar-refractivity contribution in [3.8, 4) is 0 Å². The normalized spacial score (nSPS) is 19.7. The van der Waals surface area contributed by atoms with E-state index in [9.17, 15) is 18.0 Å². The monoisotopic (exact) mass is 298 g/mol. The SMILES string of the molecule is O=C(C1CCCC1)N1CCc2ncc(C(F)(F)F)cc2C1. The number of aromatic nitrogens is 1. The maximum Gasteiger partial charge on any atom is 0.417 e. The summed E-state index contributed by atoms with van der Waals surface area (Å²) < 4.78 is 38.2. The molecular formula is C15H17F3N2O. The number of carbonyl (C=O) groups excluding carboxylic acids is 1. The fourth-order valence-electron chi connectivity index (χ4n) is 3.20. The van der Waals surface area contributed by atoms with E-state index in [1.807, 2.05) is 0 Å². The Hall–Kier alpha value is -1.59. The van der Waals surface area contributed by atoms with Gasteiger partial charge in [0.25, 0.3) is 0 Å². The highest BCUT2D eigenvalue weighted by Gasteiger charge is 2.34. The maximum atomic E-state index is 12.7. The third-order valence-corrected chi connectivity index (χ3v) is 4.38. The van der Waals surface area contributed by atoms with E-state index in [4.69, 9.17) is 0 Å². The minimum absolute atomic E-state index is 0.0605. The molecule has 21 heavy (non-hydrogen) atoms. The van der Waals surface area contributed by atoms with Crippen molar-refractivity contribution in [2.24, 2.45) is 5.92 Å². The molecule has 3 nitrogen and oxygen atoms in total. The zero-order chi connectivity index (χ0) is 15.0. The van der Waals surface area contributed by atoms with Crippen LogP contribution >= 0.6 is 0 Å². The lowest BCUT2D eigenvalue weighted by molar-refractivity contribution is -0.137. The van der Waals surface area contributed by atoms with Gasteiger partial charge in [-0.15, -0.1) is 0 Å². The number of amides is 1. The third-order valence-electron chi connectivity index (χ3n) is 4.38. The van der Waals surface area contributed by atoms with Crippen LogP contribution in [0, 0.1) is 5.92 Å².